The van der Waals surface area contributed by atoms with Crippen molar-refractivity contribution in [3.63, 3.8) is 0 Å². The van der Waals surface area contributed by atoms with Crippen LogP contribution in [-0.2, 0) is 0 Å². The topological polar surface area (TPSA) is 63.7 Å². The Balaban J connectivity index is 1.92. The average Bonchev–Trinajstić information content (AvgIpc) is 3.03. The van der Waals surface area contributed by atoms with E-state index in [4.69, 9.17) is 4.74 Å². The van der Waals surface area contributed by atoms with Gasteiger partial charge in [-0.2, -0.15) is 0 Å². The quantitative estimate of drug-likeness (QED) is 0.610. The zero-order chi connectivity index (χ0) is 16.5. The fourth-order valence-electron chi connectivity index (χ4n) is 2.93. The van der Waals surface area contributed by atoms with Gasteiger partial charge in [-0.25, -0.2) is 15.0 Å². The van der Waals surface area contributed by atoms with Crippen molar-refractivity contribution in [2.45, 2.75) is 20.3 Å². The van der Waals surface area contributed by atoms with Gasteiger partial charge in [0, 0.05) is 10.9 Å². The molecule has 1 N–H and O–H groups in total. The molecule has 0 atom stereocenters. The van der Waals surface area contributed by atoms with Crippen molar-refractivity contribution in [2.75, 3.05) is 6.61 Å². The first-order valence-corrected chi connectivity index (χ1v) is 8.08. The van der Waals surface area contributed by atoms with E-state index in [0.717, 1.165) is 45.5 Å². The minimum Gasteiger partial charge on any atom is -0.493 e. The fraction of sp³-hybridized carbons (Fsp3) is 0.211. The lowest BCUT2D eigenvalue weighted by Gasteiger charge is -2.12. The van der Waals surface area contributed by atoms with Crippen LogP contribution in [0.15, 0.2) is 42.9 Å². The monoisotopic (exact) mass is 318 g/mol. The van der Waals surface area contributed by atoms with E-state index < -0.39 is 0 Å². The summed E-state index contributed by atoms with van der Waals surface area (Å²) in [5.74, 6) is 1.67. The van der Waals surface area contributed by atoms with E-state index >= 15 is 0 Å². The van der Waals surface area contributed by atoms with Gasteiger partial charge in [0.15, 0.2) is 5.65 Å². The minimum absolute atomic E-state index is 0.693. The maximum atomic E-state index is 6.02. The summed E-state index contributed by atoms with van der Waals surface area (Å²) in [5, 5.41) is 2.30. The molecule has 4 aromatic rings. The smallest absolute Gasteiger partial charge is 0.161 e. The number of aryl methyl sites for hydroxylation is 1. The van der Waals surface area contributed by atoms with Crippen LogP contribution in [0, 0.1) is 6.92 Å². The third-order valence-electron chi connectivity index (χ3n) is 4.05. The number of hydrogen-bond acceptors (Lipinski definition) is 4. The molecule has 0 bridgehead atoms. The molecule has 0 unspecified atom stereocenters. The van der Waals surface area contributed by atoms with E-state index in [1.807, 2.05) is 0 Å². The number of H-pyrrole nitrogens is 1. The summed E-state index contributed by atoms with van der Waals surface area (Å²) in [5.41, 5.74) is 3.69. The van der Waals surface area contributed by atoms with Crippen LogP contribution in [0.4, 0.5) is 0 Å². The minimum atomic E-state index is 0.693. The van der Waals surface area contributed by atoms with Gasteiger partial charge in [-0.05, 0) is 36.4 Å². The van der Waals surface area contributed by atoms with Crippen LogP contribution in [0.2, 0.25) is 0 Å². The highest BCUT2D eigenvalue weighted by Gasteiger charge is 2.12. The van der Waals surface area contributed by atoms with Crippen LogP contribution in [0.25, 0.3) is 33.3 Å². The number of nitrogens with zero attached hydrogens (tertiary/aromatic N) is 3. The second kappa shape index (κ2) is 5.92. The summed E-state index contributed by atoms with van der Waals surface area (Å²) in [6.07, 6.45) is 4.20. The Bertz CT molecular complexity index is 989. The first-order valence-electron chi connectivity index (χ1n) is 8.08. The van der Waals surface area contributed by atoms with Crippen LogP contribution in [0.3, 0.4) is 0 Å². The molecule has 0 saturated carbocycles. The molecule has 2 aromatic carbocycles. The van der Waals surface area contributed by atoms with Gasteiger partial charge in [0.2, 0.25) is 0 Å². The first kappa shape index (κ1) is 14.6. The van der Waals surface area contributed by atoms with E-state index in [0.29, 0.717) is 6.61 Å². The van der Waals surface area contributed by atoms with Gasteiger partial charge in [0.25, 0.3) is 0 Å². The molecule has 5 nitrogen and oxygen atoms in total. The van der Waals surface area contributed by atoms with Crippen molar-refractivity contribution in [3.05, 3.63) is 48.4 Å². The van der Waals surface area contributed by atoms with Crippen molar-refractivity contribution in [1.82, 2.24) is 19.9 Å². The molecule has 5 heteroatoms. The van der Waals surface area contributed by atoms with Gasteiger partial charge in [-0.3, -0.25) is 0 Å². The van der Waals surface area contributed by atoms with Gasteiger partial charge in [-0.15, -0.1) is 0 Å². The van der Waals surface area contributed by atoms with Crippen LogP contribution in [-0.4, -0.2) is 26.5 Å². The number of ether oxygens (including phenoxy) is 1. The van der Waals surface area contributed by atoms with Crippen molar-refractivity contribution >= 4 is 21.9 Å². The van der Waals surface area contributed by atoms with Gasteiger partial charge in [-0.1, -0.05) is 25.1 Å². The number of nitrogens with one attached hydrogen (secondary N) is 1. The van der Waals surface area contributed by atoms with Gasteiger partial charge < -0.3 is 9.72 Å². The zero-order valence-corrected chi connectivity index (χ0v) is 13.7. The molecule has 0 radical (unpaired) electrons. The van der Waals surface area contributed by atoms with Crippen molar-refractivity contribution < 1.29 is 4.74 Å². The Morgan fingerprint density at radius 3 is 2.96 bits per heavy atom. The Kier molecular flexibility index (Phi) is 3.61. The number of benzene rings is 2. The largest absolute Gasteiger partial charge is 0.493 e. The number of fused-ring (bicyclic) bond motifs is 2. The average molecular weight is 318 g/mol. The van der Waals surface area contributed by atoms with Gasteiger partial charge in [0.05, 0.1) is 12.8 Å². The van der Waals surface area contributed by atoms with Crippen LogP contribution < -0.4 is 4.74 Å². The third kappa shape index (κ3) is 2.48. The normalized spacial score (nSPS) is 11.2. The summed E-state index contributed by atoms with van der Waals surface area (Å²) in [6.45, 7) is 4.91. The first-order chi connectivity index (χ1) is 11.8. The summed E-state index contributed by atoms with van der Waals surface area (Å²) < 4.78 is 6.02. The van der Waals surface area contributed by atoms with Crippen molar-refractivity contribution in [2.24, 2.45) is 0 Å². The Morgan fingerprint density at radius 2 is 2.12 bits per heavy atom. The molecule has 2 heterocycles. The van der Waals surface area contributed by atoms with E-state index in [1.165, 1.54) is 11.9 Å². The van der Waals surface area contributed by atoms with Gasteiger partial charge in [0.1, 0.15) is 23.4 Å². The Morgan fingerprint density at radius 1 is 1.21 bits per heavy atom. The standard InChI is InChI=1S/C19H18N4O/c1-3-7-24-16-9-14(8-13-6-4-5-12(2)17(13)16)18-22-15-10-20-11-21-19(15)23-18/h4-6,8-11H,3,7H2,1-2H3,(H,20,21,22,23). The molecule has 24 heavy (non-hydrogen) atoms. The van der Waals surface area contributed by atoms with E-state index in [2.05, 4.69) is 64.1 Å². The SMILES string of the molecule is CCCOc1cc(-c2nc3cncnc3[nH]2)cc2cccc(C)c12. The third-order valence-corrected chi connectivity index (χ3v) is 4.05. The van der Waals surface area contributed by atoms with Crippen LogP contribution in [0.1, 0.15) is 18.9 Å². The fourth-order valence-corrected chi connectivity index (χ4v) is 2.93. The molecule has 0 amide bonds. The lowest BCUT2D eigenvalue weighted by Crippen LogP contribution is -1.97. The predicted molar refractivity (Wildman–Crippen MR) is 95.1 cm³/mol. The summed E-state index contributed by atoms with van der Waals surface area (Å²) in [7, 11) is 0. The zero-order valence-electron chi connectivity index (χ0n) is 13.7. The molecule has 0 spiro atoms. The summed E-state index contributed by atoms with van der Waals surface area (Å²) in [6, 6.07) is 10.5. The molecule has 120 valence electrons. The second-order valence-electron chi connectivity index (χ2n) is 5.84. The number of aromatic amines is 1. The van der Waals surface area contributed by atoms with Crippen molar-refractivity contribution in [1.29, 1.82) is 0 Å². The Labute approximate surface area is 139 Å². The summed E-state index contributed by atoms with van der Waals surface area (Å²) >= 11 is 0. The molecule has 0 aliphatic carbocycles. The molecular weight excluding hydrogens is 300 g/mol. The molecule has 0 fully saturated rings. The number of hydrogen-bond donors (Lipinski definition) is 1. The molecule has 0 aliphatic rings. The summed E-state index contributed by atoms with van der Waals surface area (Å²) in [4.78, 5) is 16.1. The highest BCUT2D eigenvalue weighted by Crippen LogP contribution is 2.34. The molecule has 2 aromatic heterocycles. The maximum Gasteiger partial charge on any atom is 0.161 e. The molecule has 0 saturated heterocycles. The lowest BCUT2D eigenvalue weighted by atomic mass is 10.0. The number of rotatable bonds is 4. The van der Waals surface area contributed by atoms with Crippen LogP contribution >= 0.6 is 0 Å². The lowest BCUT2D eigenvalue weighted by molar-refractivity contribution is 0.321. The molecule has 0 aliphatic heterocycles. The van der Waals surface area contributed by atoms with Crippen molar-refractivity contribution in [3.8, 4) is 17.1 Å². The Hall–Kier alpha value is -2.95. The predicted octanol–water partition coefficient (Wildman–Crippen LogP) is 4.27. The number of imidazole rings is 1. The highest BCUT2D eigenvalue weighted by molar-refractivity contribution is 5.95. The van der Waals surface area contributed by atoms with E-state index in [-0.39, 0.29) is 0 Å². The molecular formula is C19H18N4O. The van der Waals surface area contributed by atoms with E-state index in [1.54, 1.807) is 6.20 Å². The van der Waals surface area contributed by atoms with Crippen LogP contribution in [0.5, 0.6) is 5.75 Å². The van der Waals surface area contributed by atoms with E-state index in [9.17, 15) is 0 Å². The van der Waals surface area contributed by atoms with Gasteiger partial charge >= 0.3 is 0 Å². The highest BCUT2D eigenvalue weighted by atomic mass is 16.5. The second-order valence-corrected chi connectivity index (χ2v) is 5.84. The molecule has 4 rings (SSSR count). The maximum absolute atomic E-state index is 6.02. The number of aromatic nitrogens is 4.